The summed E-state index contributed by atoms with van der Waals surface area (Å²) in [6.07, 6.45) is -0.0903. The van der Waals surface area contributed by atoms with E-state index in [1.807, 2.05) is 31.2 Å². The summed E-state index contributed by atoms with van der Waals surface area (Å²) < 4.78 is 26.8. The number of aryl methyl sites for hydroxylation is 1. The van der Waals surface area contributed by atoms with Gasteiger partial charge in [-0.1, -0.05) is 12.1 Å². The molecule has 3 heterocycles. The predicted molar refractivity (Wildman–Crippen MR) is 118 cm³/mol. The lowest BCUT2D eigenvalue weighted by atomic mass is 10.1. The SMILES string of the molecule is COC(=O)Cc1nn(-c2ccc(F)cc2)c2c1nnc1c(-c3ccc(OC)cc3)c(C)nn12. The third kappa shape index (κ3) is 3.45. The average molecular weight is 446 g/mol. The normalized spacial score (nSPS) is 11.3. The molecule has 9 nitrogen and oxygen atoms in total. The lowest BCUT2D eigenvalue weighted by Gasteiger charge is -2.05. The topological polar surface area (TPSA) is 96.4 Å². The van der Waals surface area contributed by atoms with E-state index in [1.54, 1.807) is 28.4 Å². The lowest BCUT2D eigenvalue weighted by Crippen LogP contribution is -2.06. The Kier molecular flexibility index (Phi) is 4.97. The molecule has 0 fully saturated rings. The summed E-state index contributed by atoms with van der Waals surface area (Å²) in [5, 5.41) is 18.1. The van der Waals surface area contributed by atoms with Crippen molar-refractivity contribution in [2.75, 3.05) is 14.2 Å². The van der Waals surface area contributed by atoms with E-state index in [-0.39, 0.29) is 12.2 Å². The molecule has 0 bridgehead atoms. The number of carbonyl (C=O) groups excluding carboxylic acids is 1. The summed E-state index contributed by atoms with van der Waals surface area (Å²) >= 11 is 0. The number of fused-ring (bicyclic) bond motifs is 3. The highest BCUT2D eigenvalue weighted by Crippen LogP contribution is 2.31. The Morgan fingerprint density at radius 1 is 1.00 bits per heavy atom. The van der Waals surface area contributed by atoms with Gasteiger partial charge in [0, 0.05) is 0 Å². The number of hydrogen-bond acceptors (Lipinski definition) is 7. The van der Waals surface area contributed by atoms with E-state index in [2.05, 4.69) is 15.3 Å². The number of halogens is 1. The molecule has 0 N–H and O–H groups in total. The van der Waals surface area contributed by atoms with E-state index < -0.39 is 5.97 Å². The highest BCUT2D eigenvalue weighted by atomic mass is 19.1. The van der Waals surface area contributed by atoms with Crippen LogP contribution in [0.2, 0.25) is 0 Å². The van der Waals surface area contributed by atoms with E-state index in [0.717, 1.165) is 22.6 Å². The molecule has 0 atom stereocenters. The minimum atomic E-state index is -0.460. The molecule has 33 heavy (non-hydrogen) atoms. The molecule has 0 saturated carbocycles. The second-order valence-electron chi connectivity index (χ2n) is 7.38. The van der Waals surface area contributed by atoms with Gasteiger partial charge < -0.3 is 9.47 Å². The molecule has 0 aliphatic carbocycles. The molecule has 0 unspecified atom stereocenters. The van der Waals surface area contributed by atoms with E-state index >= 15 is 0 Å². The van der Waals surface area contributed by atoms with Gasteiger partial charge in [-0.15, -0.1) is 10.2 Å². The largest absolute Gasteiger partial charge is 0.497 e. The predicted octanol–water partition coefficient (Wildman–Crippen LogP) is 3.30. The number of methoxy groups -OCH3 is 2. The minimum absolute atomic E-state index is 0.0903. The highest BCUT2D eigenvalue weighted by Gasteiger charge is 2.23. The Balaban J connectivity index is 1.79. The summed E-state index contributed by atoms with van der Waals surface area (Å²) in [5.74, 6) is -0.0898. The fourth-order valence-corrected chi connectivity index (χ4v) is 3.78. The Labute approximate surface area is 187 Å². The maximum atomic E-state index is 13.6. The molecule has 166 valence electrons. The van der Waals surface area contributed by atoms with Gasteiger partial charge in [-0.2, -0.15) is 14.7 Å². The number of nitrogens with zero attached hydrogens (tertiary/aromatic N) is 6. The van der Waals surface area contributed by atoms with Gasteiger partial charge in [-0.25, -0.2) is 9.07 Å². The van der Waals surface area contributed by atoms with Crippen molar-refractivity contribution in [3.05, 3.63) is 65.7 Å². The number of carbonyl (C=O) groups is 1. The van der Waals surface area contributed by atoms with Gasteiger partial charge in [0.25, 0.3) is 0 Å². The van der Waals surface area contributed by atoms with Crippen LogP contribution in [0.5, 0.6) is 5.75 Å². The van der Waals surface area contributed by atoms with Gasteiger partial charge in [-0.05, 0) is 48.9 Å². The first-order chi connectivity index (χ1) is 16.0. The number of ether oxygens (including phenoxy) is 2. The average Bonchev–Trinajstić information content (AvgIpc) is 3.36. The van der Waals surface area contributed by atoms with E-state index in [0.29, 0.717) is 28.2 Å². The third-order valence-corrected chi connectivity index (χ3v) is 5.38. The third-order valence-electron chi connectivity index (χ3n) is 5.38. The number of esters is 1. The zero-order chi connectivity index (χ0) is 23.1. The van der Waals surface area contributed by atoms with Crippen molar-refractivity contribution in [1.82, 2.24) is 29.6 Å². The molecule has 0 saturated heterocycles. The smallest absolute Gasteiger partial charge is 0.311 e. The first kappa shape index (κ1) is 20.6. The van der Waals surface area contributed by atoms with Crippen LogP contribution in [-0.4, -0.2) is 49.8 Å². The van der Waals surface area contributed by atoms with Crippen LogP contribution in [0.1, 0.15) is 11.4 Å². The maximum absolute atomic E-state index is 13.6. The first-order valence-corrected chi connectivity index (χ1v) is 10.1. The Morgan fingerprint density at radius 3 is 2.39 bits per heavy atom. The molecule has 0 spiro atoms. The first-order valence-electron chi connectivity index (χ1n) is 10.1. The van der Waals surface area contributed by atoms with Crippen molar-refractivity contribution in [2.45, 2.75) is 13.3 Å². The lowest BCUT2D eigenvalue weighted by molar-refractivity contribution is -0.139. The van der Waals surface area contributed by atoms with Crippen molar-refractivity contribution in [2.24, 2.45) is 0 Å². The van der Waals surface area contributed by atoms with Crippen molar-refractivity contribution in [3.63, 3.8) is 0 Å². The minimum Gasteiger partial charge on any atom is -0.497 e. The Morgan fingerprint density at radius 2 is 1.73 bits per heavy atom. The molecular formula is C23H19FN6O3. The van der Waals surface area contributed by atoms with Crippen LogP contribution in [0, 0.1) is 12.7 Å². The fourth-order valence-electron chi connectivity index (χ4n) is 3.78. The van der Waals surface area contributed by atoms with Gasteiger partial charge in [0.2, 0.25) is 0 Å². The van der Waals surface area contributed by atoms with Crippen molar-refractivity contribution >= 4 is 22.8 Å². The van der Waals surface area contributed by atoms with Gasteiger partial charge in [-0.3, -0.25) is 4.79 Å². The maximum Gasteiger partial charge on any atom is 0.311 e. The molecule has 0 amide bonds. The van der Waals surface area contributed by atoms with E-state index in [4.69, 9.17) is 14.6 Å². The summed E-state index contributed by atoms with van der Waals surface area (Å²) in [6.45, 7) is 1.88. The van der Waals surface area contributed by atoms with Crippen LogP contribution in [-0.2, 0) is 16.0 Å². The second kappa shape index (κ2) is 7.97. The molecule has 0 aliphatic heterocycles. The van der Waals surface area contributed by atoms with Gasteiger partial charge in [0.15, 0.2) is 16.8 Å². The number of hydrogen-bond donors (Lipinski definition) is 0. The molecule has 2 aromatic carbocycles. The molecule has 0 aliphatic rings. The zero-order valence-corrected chi connectivity index (χ0v) is 18.1. The van der Waals surface area contributed by atoms with Crippen LogP contribution >= 0.6 is 0 Å². The van der Waals surface area contributed by atoms with Crippen molar-refractivity contribution in [1.29, 1.82) is 0 Å². The fraction of sp³-hybridized carbons (Fsp3) is 0.174. The zero-order valence-electron chi connectivity index (χ0n) is 18.1. The van der Waals surface area contributed by atoms with Crippen LogP contribution in [0.4, 0.5) is 4.39 Å². The monoisotopic (exact) mass is 446 g/mol. The van der Waals surface area contributed by atoms with Crippen LogP contribution in [0.3, 0.4) is 0 Å². The summed E-state index contributed by atoms with van der Waals surface area (Å²) in [4.78, 5) is 12.0. The molecule has 3 aromatic heterocycles. The number of aromatic nitrogens is 6. The van der Waals surface area contributed by atoms with Gasteiger partial charge in [0.1, 0.15) is 17.3 Å². The summed E-state index contributed by atoms with van der Waals surface area (Å²) in [7, 11) is 2.92. The number of rotatable bonds is 5. The van der Waals surface area contributed by atoms with Crippen molar-refractivity contribution in [3.8, 4) is 22.6 Å². The molecule has 5 rings (SSSR count). The highest BCUT2D eigenvalue weighted by molar-refractivity contribution is 5.87. The van der Waals surface area contributed by atoms with Crippen LogP contribution in [0.15, 0.2) is 48.5 Å². The van der Waals surface area contributed by atoms with E-state index in [1.165, 1.54) is 19.2 Å². The van der Waals surface area contributed by atoms with Gasteiger partial charge >= 0.3 is 5.97 Å². The molecule has 5 aromatic rings. The van der Waals surface area contributed by atoms with Crippen LogP contribution < -0.4 is 4.74 Å². The molecule has 10 heteroatoms. The van der Waals surface area contributed by atoms with E-state index in [9.17, 15) is 9.18 Å². The Bertz CT molecular complexity index is 1490. The number of benzene rings is 2. The van der Waals surface area contributed by atoms with Crippen LogP contribution in [0.25, 0.3) is 33.6 Å². The van der Waals surface area contributed by atoms with Crippen molar-refractivity contribution < 1.29 is 18.7 Å². The quantitative estimate of drug-likeness (QED) is 0.382. The summed E-state index contributed by atoms with van der Waals surface area (Å²) in [6, 6.07) is 13.4. The molecule has 0 radical (unpaired) electrons. The van der Waals surface area contributed by atoms with Gasteiger partial charge in [0.05, 0.1) is 37.6 Å². The standard InChI is InChI=1S/C23H19FN6O3/c1-13-20(14-4-10-17(32-2)11-5-14)22-26-25-21-18(12-19(31)33-3)28-29(23(21)30(22)27-13)16-8-6-15(24)7-9-16/h4-11H,12H2,1-3H3. The Hall–Kier alpha value is -4.34. The molecular weight excluding hydrogens is 427 g/mol. The second-order valence-corrected chi connectivity index (χ2v) is 7.38. The summed E-state index contributed by atoms with van der Waals surface area (Å²) in [5.41, 5.74) is 4.87.